The van der Waals surface area contributed by atoms with E-state index in [4.69, 9.17) is 24.7 Å². The van der Waals surface area contributed by atoms with Crippen LogP contribution in [0.4, 0.5) is 0 Å². The molecule has 0 radical (unpaired) electrons. The third-order valence-electron chi connectivity index (χ3n) is 12.0. The summed E-state index contributed by atoms with van der Waals surface area (Å²) in [6.07, 6.45) is 11.7. The van der Waals surface area contributed by atoms with E-state index in [0.29, 0.717) is 12.8 Å². The first-order valence-corrected chi connectivity index (χ1v) is 22.2. The molecular weight excluding hydrogens is 819 g/mol. The van der Waals surface area contributed by atoms with Gasteiger partial charge in [0.15, 0.2) is 12.1 Å². The van der Waals surface area contributed by atoms with Gasteiger partial charge in [0, 0.05) is 37.5 Å². The number of carboxylic acid groups (broad SMARTS) is 1. The van der Waals surface area contributed by atoms with Crippen molar-refractivity contribution in [3.05, 3.63) is 85.1 Å². The van der Waals surface area contributed by atoms with Gasteiger partial charge in [-0.15, -0.1) is 0 Å². The van der Waals surface area contributed by atoms with Gasteiger partial charge >= 0.3 is 11.9 Å². The van der Waals surface area contributed by atoms with Gasteiger partial charge in [0.05, 0.1) is 73.3 Å². The first-order valence-electron chi connectivity index (χ1n) is 22.2. The van der Waals surface area contributed by atoms with E-state index in [1.165, 1.54) is 0 Å². The van der Waals surface area contributed by atoms with Crippen LogP contribution in [0.25, 0.3) is 0 Å². The Morgan fingerprint density at radius 2 is 1.29 bits per heavy atom. The minimum absolute atomic E-state index is 0.0215. The van der Waals surface area contributed by atoms with Gasteiger partial charge in [-0.25, -0.2) is 0 Å². The van der Waals surface area contributed by atoms with Crippen LogP contribution in [0.1, 0.15) is 91.9 Å². The van der Waals surface area contributed by atoms with E-state index in [-0.39, 0.29) is 56.8 Å². The SMILES string of the molecule is CC1OC(OC2/C=C/C=C/C=C/C=C/C=C/C=C/C=C/[C@H](C)C(O)[C@@H](C)[C@H](C)OC(=O)CC(O)CCCCC(O)C(O)CC(O)CC3(O)CC[C@@H](C(=O)O)[C@H](C2)O3)C(O)C(N)C1O. The summed E-state index contributed by atoms with van der Waals surface area (Å²) in [7, 11) is 0. The van der Waals surface area contributed by atoms with E-state index < -0.39 is 110 Å². The number of cyclic esters (lactones) is 1. The van der Waals surface area contributed by atoms with Gasteiger partial charge in [-0.05, 0) is 33.1 Å². The topological polar surface area (TPSA) is 279 Å². The highest BCUT2D eigenvalue weighted by atomic mass is 16.7. The summed E-state index contributed by atoms with van der Waals surface area (Å²) in [6.45, 7) is 6.92. The smallest absolute Gasteiger partial charge is 0.309 e. The van der Waals surface area contributed by atoms with Crippen LogP contribution in [0.5, 0.6) is 0 Å². The molecule has 17 atom stereocenters. The summed E-state index contributed by atoms with van der Waals surface area (Å²) in [5.41, 5.74) is 6.04. The minimum Gasteiger partial charge on any atom is -0.481 e. The number of allylic oxidation sites excluding steroid dienone is 12. The molecule has 0 aromatic heterocycles. The molecule has 0 aliphatic carbocycles. The van der Waals surface area contributed by atoms with Crippen molar-refractivity contribution in [2.45, 2.75) is 177 Å². The third kappa shape index (κ3) is 18.6. The predicted molar refractivity (Wildman–Crippen MR) is 234 cm³/mol. The third-order valence-corrected chi connectivity index (χ3v) is 12.0. The van der Waals surface area contributed by atoms with Crippen LogP contribution < -0.4 is 5.73 Å². The van der Waals surface area contributed by atoms with Crippen molar-refractivity contribution < 1.29 is 74.5 Å². The number of esters is 1. The Hall–Kier alpha value is -3.36. The van der Waals surface area contributed by atoms with Gasteiger partial charge in [0.1, 0.15) is 12.2 Å². The summed E-state index contributed by atoms with van der Waals surface area (Å²) in [5.74, 6) is -5.48. The lowest BCUT2D eigenvalue weighted by molar-refractivity contribution is -0.295. The fraction of sp³-hybridized carbons (Fsp3) is 0.660. The van der Waals surface area contributed by atoms with Crippen LogP contribution in [0.3, 0.4) is 0 Å². The zero-order chi connectivity index (χ0) is 46.7. The molecule has 0 aromatic rings. The van der Waals surface area contributed by atoms with Crippen molar-refractivity contribution in [2.75, 3.05) is 0 Å². The quantitative estimate of drug-likeness (QED) is 0.182. The molecule has 16 heteroatoms. The van der Waals surface area contributed by atoms with E-state index in [1.807, 2.05) is 55.5 Å². The summed E-state index contributed by atoms with van der Waals surface area (Å²) < 4.78 is 23.4. The zero-order valence-electron chi connectivity index (χ0n) is 36.9. The second-order valence-corrected chi connectivity index (χ2v) is 17.2. The van der Waals surface area contributed by atoms with Gasteiger partial charge in [0.2, 0.25) is 0 Å². The highest BCUT2D eigenvalue weighted by Crippen LogP contribution is 2.38. The number of hydrogen-bond acceptors (Lipinski definition) is 15. The Balaban J connectivity index is 1.81. The molecule has 0 amide bonds. The molecule has 11 N–H and O–H groups in total. The van der Waals surface area contributed by atoms with Crippen LogP contribution in [0.2, 0.25) is 0 Å². The number of aliphatic hydroxyl groups excluding tert-OH is 7. The van der Waals surface area contributed by atoms with Gasteiger partial charge in [-0.1, -0.05) is 112 Å². The molecule has 0 saturated carbocycles. The molecule has 3 rings (SSSR count). The second kappa shape index (κ2) is 27.2. The van der Waals surface area contributed by atoms with E-state index in [2.05, 4.69) is 0 Å². The lowest BCUT2D eigenvalue weighted by Crippen LogP contribution is -2.61. The van der Waals surface area contributed by atoms with E-state index >= 15 is 0 Å². The molecule has 16 nitrogen and oxygen atoms in total. The van der Waals surface area contributed by atoms with Crippen LogP contribution in [0.15, 0.2) is 85.1 Å². The molecule has 0 spiro atoms. The number of ether oxygens (including phenoxy) is 4. The average Bonchev–Trinajstić information content (AvgIpc) is 3.21. The Morgan fingerprint density at radius 3 is 1.89 bits per heavy atom. The molecule has 2 saturated heterocycles. The fourth-order valence-electron chi connectivity index (χ4n) is 7.81. The standard InChI is InChI=1S/C47H73NO15/c1-29-19-15-13-11-9-7-5-6-8-10-12-14-16-21-35(62-46-44(56)41(48)43(55)32(4)61-46)27-39-36(45(57)58)23-24-47(59,63-39)28-34(50)25-38(52)37(51)22-18-17-20-33(49)26-40(53)60-31(3)30(2)42(29)54/h5-16,19,21,29-39,41-44,46,49-52,54-56,59H,17-18,20,22-28,48H2,1-4H3,(H,57,58)/b6-5+,9-7+,10-8+,13-11+,14-12+,19-15+,21-16+/t29-,30-,31-,32?,33?,34?,35?,36+,37?,38?,39-,41?,42?,43?,44?,46?,47?/m0/s1. The first-order chi connectivity index (χ1) is 29.8. The van der Waals surface area contributed by atoms with Crippen molar-refractivity contribution in [2.24, 2.45) is 23.5 Å². The van der Waals surface area contributed by atoms with Gasteiger partial charge in [-0.3, -0.25) is 9.59 Å². The summed E-state index contributed by atoms with van der Waals surface area (Å²) in [6, 6.07) is -1.09. The molecule has 3 aliphatic rings. The van der Waals surface area contributed by atoms with Gasteiger partial charge in [0.25, 0.3) is 0 Å². The van der Waals surface area contributed by atoms with Gasteiger partial charge in [-0.2, -0.15) is 0 Å². The van der Waals surface area contributed by atoms with Crippen LogP contribution in [0, 0.1) is 17.8 Å². The maximum atomic E-state index is 12.6. The number of carboxylic acids is 1. The molecule has 356 valence electrons. The summed E-state index contributed by atoms with van der Waals surface area (Å²) >= 11 is 0. The lowest BCUT2D eigenvalue weighted by Gasteiger charge is -2.43. The first kappa shape index (κ1) is 54.0. The summed E-state index contributed by atoms with van der Waals surface area (Å²) in [4.78, 5) is 25.0. The number of nitrogens with two attached hydrogens (primary N) is 1. The average molecular weight is 892 g/mol. The largest absolute Gasteiger partial charge is 0.481 e. The van der Waals surface area contributed by atoms with Crippen molar-refractivity contribution in [1.29, 1.82) is 0 Å². The molecular formula is C47H73NO15. The zero-order valence-corrected chi connectivity index (χ0v) is 36.9. The summed E-state index contributed by atoms with van der Waals surface area (Å²) in [5, 5.41) is 96.5. The van der Waals surface area contributed by atoms with Crippen LogP contribution >= 0.6 is 0 Å². The maximum Gasteiger partial charge on any atom is 0.309 e. The number of aliphatic carboxylic acids is 1. The number of carbonyl (C=O) groups is 2. The Labute approximate surface area is 371 Å². The maximum absolute atomic E-state index is 12.6. The van der Waals surface area contributed by atoms with Crippen molar-refractivity contribution in [3.8, 4) is 0 Å². The highest BCUT2D eigenvalue weighted by Gasteiger charge is 2.47. The molecule has 3 aliphatic heterocycles. The molecule has 3 heterocycles. The highest BCUT2D eigenvalue weighted by molar-refractivity contribution is 5.71. The van der Waals surface area contributed by atoms with E-state index in [0.717, 1.165) is 0 Å². The monoisotopic (exact) mass is 891 g/mol. The van der Waals surface area contributed by atoms with Crippen LogP contribution in [-0.4, -0.2) is 143 Å². The molecule has 2 fully saturated rings. The van der Waals surface area contributed by atoms with E-state index in [1.54, 1.807) is 57.2 Å². The van der Waals surface area contributed by atoms with Gasteiger partial charge < -0.3 is 70.6 Å². The van der Waals surface area contributed by atoms with E-state index in [9.17, 15) is 55.5 Å². The molecule has 63 heavy (non-hydrogen) atoms. The normalized spacial score (nSPS) is 44.2. The van der Waals surface area contributed by atoms with Crippen molar-refractivity contribution >= 4 is 11.9 Å². The molecule has 0 aromatic carbocycles. The number of fused-ring (bicyclic) bond motifs is 2. The lowest BCUT2D eigenvalue weighted by atomic mass is 9.85. The second-order valence-electron chi connectivity index (χ2n) is 17.2. The van der Waals surface area contributed by atoms with Crippen LogP contribution in [-0.2, 0) is 28.5 Å². The number of hydrogen-bond donors (Lipinski definition) is 10. The number of rotatable bonds is 3. The van der Waals surface area contributed by atoms with Crippen molar-refractivity contribution in [3.63, 3.8) is 0 Å². The molecule has 2 bridgehead atoms. The number of aliphatic hydroxyl groups is 8. The Kier molecular flexibility index (Phi) is 23.3. The predicted octanol–water partition coefficient (Wildman–Crippen LogP) is 2.77. The number of carbonyl (C=O) groups excluding carboxylic acids is 1. The fourth-order valence-corrected chi connectivity index (χ4v) is 7.81. The Morgan fingerprint density at radius 1 is 0.714 bits per heavy atom. The van der Waals surface area contributed by atoms with Crippen molar-refractivity contribution in [1.82, 2.24) is 0 Å². The molecule has 12 unspecified atom stereocenters. The minimum atomic E-state index is -2.00. The Bertz CT molecular complexity index is 1600.